The van der Waals surface area contributed by atoms with Gasteiger partial charge in [0, 0.05) is 19.7 Å². The summed E-state index contributed by atoms with van der Waals surface area (Å²) in [5, 5.41) is 2.96. The van der Waals surface area contributed by atoms with Gasteiger partial charge in [0.1, 0.15) is 5.75 Å². The van der Waals surface area contributed by atoms with Crippen LogP contribution in [0.25, 0.3) is 0 Å². The van der Waals surface area contributed by atoms with E-state index in [1.165, 1.54) is 0 Å². The number of carbonyl (C=O) groups is 1. The molecular formula is C13H18N2O2. The minimum Gasteiger partial charge on any atom is -0.497 e. The Morgan fingerprint density at radius 2 is 2.12 bits per heavy atom. The van der Waals surface area contributed by atoms with Crippen LogP contribution in [0, 0.1) is 5.41 Å². The Bertz CT molecular complexity index is 455. The van der Waals surface area contributed by atoms with Crippen molar-refractivity contribution in [2.24, 2.45) is 5.41 Å². The maximum Gasteiger partial charge on any atom is 0.231 e. The lowest BCUT2D eigenvalue weighted by molar-refractivity contribution is -0.123. The minimum atomic E-state index is -0.402. The molecule has 1 aromatic rings. The molecule has 1 aliphatic heterocycles. The largest absolute Gasteiger partial charge is 0.497 e. The van der Waals surface area contributed by atoms with Crippen molar-refractivity contribution in [3.05, 3.63) is 18.2 Å². The molecule has 1 heterocycles. The van der Waals surface area contributed by atoms with E-state index < -0.39 is 5.41 Å². The number of fused-ring (bicyclic) bond motifs is 1. The number of hydrogen-bond donors (Lipinski definition) is 1. The van der Waals surface area contributed by atoms with Gasteiger partial charge in [-0.15, -0.1) is 0 Å². The summed E-state index contributed by atoms with van der Waals surface area (Å²) in [7, 11) is 3.61. The first-order valence-corrected chi connectivity index (χ1v) is 5.65. The fourth-order valence-corrected chi connectivity index (χ4v) is 2.12. The second-order valence-corrected chi connectivity index (χ2v) is 5.08. The SMILES string of the molecule is COc1ccc2c(c1)NC(=O)C(C)(C)CN2C. The van der Waals surface area contributed by atoms with Crippen LogP contribution in [0.1, 0.15) is 13.8 Å². The predicted octanol–water partition coefficient (Wildman–Crippen LogP) is 2.11. The molecule has 0 atom stereocenters. The normalized spacial score (nSPS) is 18.1. The lowest BCUT2D eigenvalue weighted by Gasteiger charge is -2.26. The lowest BCUT2D eigenvalue weighted by Crippen LogP contribution is -2.37. The highest BCUT2D eigenvalue weighted by atomic mass is 16.5. The smallest absolute Gasteiger partial charge is 0.231 e. The molecule has 0 aliphatic carbocycles. The van der Waals surface area contributed by atoms with Crippen LogP contribution in [0.2, 0.25) is 0 Å². The van der Waals surface area contributed by atoms with Crippen LogP contribution in [0.5, 0.6) is 5.75 Å². The quantitative estimate of drug-likeness (QED) is 0.809. The fraction of sp³-hybridized carbons (Fsp3) is 0.462. The van der Waals surface area contributed by atoms with Gasteiger partial charge in [0.25, 0.3) is 0 Å². The Labute approximate surface area is 102 Å². The highest BCUT2D eigenvalue weighted by molar-refractivity contribution is 5.99. The first kappa shape index (κ1) is 11.8. The van der Waals surface area contributed by atoms with Crippen molar-refractivity contribution in [2.75, 3.05) is 30.9 Å². The molecular weight excluding hydrogens is 216 g/mol. The van der Waals surface area contributed by atoms with Crippen molar-refractivity contribution in [3.8, 4) is 5.75 Å². The topological polar surface area (TPSA) is 41.6 Å². The van der Waals surface area contributed by atoms with Crippen molar-refractivity contribution in [2.45, 2.75) is 13.8 Å². The highest BCUT2D eigenvalue weighted by Crippen LogP contribution is 2.35. The average molecular weight is 234 g/mol. The van der Waals surface area contributed by atoms with Crippen molar-refractivity contribution in [1.29, 1.82) is 0 Å². The van der Waals surface area contributed by atoms with E-state index in [4.69, 9.17) is 4.74 Å². The molecule has 4 heteroatoms. The standard InChI is InChI=1S/C13H18N2O2/c1-13(2)8-15(3)11-6-5-9(17-4)7-10(11)14-12(13)16/h5-7H,8H2,1-4H3,(H,14,16). The number of rotatable bonds is 1. The molecule has 0 spiro atoms. The Balaban J connectivity index is 2.46. The molecule has 0 radical (unpaired) electrons. The third-order valence-corrected chi connectivity index (χ3v) is 3.11. The number of carbonyl (C=O) groups excluding carboxylic acids is 1. The molecule has 2 rings (SSSR count). The van der Waals surface area contributed by atoms with Gasteiger partial charge in [-0.2, -0.15) is 0 Å². The third-order valence-electron chi connectivity index (χ3n) is 3.11. The summed E-state index contributed by atoms with van der Waals surface area (Å²) in [6, 6.07) is 5.72. The van der Waals surface area contributed by atoms with E-state index in [9.17, 15) is 4.79 Å². The van der Waals surface area contributed by atoms with Crippen LogP contribution in [0.3, 0.4) is 0 Å². The van der Waals surface area contributed by atoms with E-state index in [2.05, 4.69) is 10.2 Å². The summed E-state index contributed by atoms with van der Waals surface area (Å²) < 4.78 is 5.17. The molecule has 0 unspecified atom stereocenters. The maximum atomic E-state index is 12.1. The van der Waals surface area contributed by atoms with E-state index in [0.717, 1.165) is 17.1 Å². The second-order valence-electron chi connectivity index (χ2n) is 5.08. The van der Waals surface area contributed by atoms with E-state index in [1.807, 2.05) is 39.1 Å². The summed E-state index contributed by atoms with van der Waals surface area (Å²) in [4.78, 5) is 14.2. The van der Waals surface area contributed by atoms with Gasteiger partial charge in [-0.1, -0.05) is 0 Å². The summed E-state index contributed by atoms with van der Waals surface area (Å²) in [5.41, 5.74) is 1.42. The molecule has 1 aromatic carbocycles. The van der Waals surface area contributed by atoms with Gasteiger partial charge in [-0.3, -0.25) is 4.79 Å². The molecule has 0 saturated heterocycles. The third kappa shape index (κ3) is 2.07. The van der Waals surface area contributed by atoms with Gasteiger partial charge < -0.3 is 15.0 Å². The lowest BCUT2D eigenvalue weighted by atomic mass is 9.92. The van der Waals surface area contributed by atoms with E-state index in [1.54, 1.807) is 7.11 Å². The first-order valence-electron chi connectivity index (χ1n) is 5.65. The van der Waals surface area contributed by atoms with Gasteiger partial charge in [0.15, 0.2) is 0 Å². The molecule has 4 nitrogen and oxygen atoms in total. The van der Waals surface area contributed by atoms with E-state index >= 15 is 0 Å². The van der Waals surface area contributed by atoms with Crippen molar-refractivity contribution in [3.63, 3.8) is 0 Å². The van der Waals surface area contributed by atoms with Crippen molar-refractivity contribution >= 4 is 17.3 Å². The number of hydrogen-bond acceptors (Lipinski definition) is 3. The zero-order valence-corrected chi connectivity index (χ0v) is 10.7. The summed E-state index contributed by atoms with van der Waals surface area (Å²) in [5.74, 6) is 0.786. The van der Waals surface area contributed by atoms with Crippen LogP contribution >= 0.6 is 0 Å². The van der Waals surface area contributed by atoms with Crippen molar-refractivity contribution in [1.82, 2.24) is 0 Å². The van der Waals surface area contributed by atoms with Gasteiger partial charge in [-0.25, -0.2) is 0 Å². The molecule has 92 valence electrons. The number of amides is 1. The molecule has 0 aromatic heterocycles. The molecule has 17 heavy (non-hydrogen) atoms. The molecule has 1 N–H and O–H groups in total. The second kappa shape index (κ2) is 3.95. The molecule has 1 amide bonds. The monoisotopic (exact) mass is 234 g/mol. The van der Waals surface area contributed by atoms with Gasteiger partial charge in [-0.05, 0) is 26.0 Å². The summed E-state index contributed by atoms with van der Waals surface area (Å²) in [6.45, 7) is 4.59. The Morgan fingerprint density at radius 1 is 1.41 bits per heavy atom. The number of nitrogens with zero attached hydrogens (tertiary/aromatic N) is 1. The van der Waals surface area contributed by atoms with Crippen molar-refractivity contribution < 1.29 is 9.53 Å². The van der Waals surface area contributed by atoms with Gasteiger partial charge in [0.2, 0.25) is 5.91 Å². The van der Waals surface area contributed by atoms with Crippen LogP contribution < -0.4 is 15.0 Å². The van der Waals surface area contributed by atoms with Crippen LogP contribution in [-0.4, -0.2) is 26.6 Å². The Kier molecular flexibility index (Phi) is 2.73. The van der Waals surface area contributed by atoms with Crippen LogP contribution in [0.15, 0.2) is 18.2 Å². The Hall–Kier alpha value is -1.71. The zero-order valence-electron chi connectivity index (χ0n) is 10.7. The average Bonchev–Trinajstić information content (AvgIpc) is 2.35. The molecule has 0 bridgehead atoms. The fourth-order valence-electron chi connectivity index (χ4n) is 2.12. The minimum absolute atomic E-state index is 0.0383. The summed E-state index contributed by atoms with van der Waals surface area (Å²) >= 11 is 0. The number of ether oxygens (including phenoxy) is 1. The van der Waals surface area contributed by atoms with Gasteiger partial charge in [0.05, 0.1) is 23.9 Å². The first-order chi connectivity index (χ1) is 7.94. The van der Waals surface area contributed by atoms with E-state index in [-0.39, 0.29) is 5.91 Å². The number of methoxy groups -OCH3 is 1. The predicted molar refractivity (Wildman–Crippen MR) is 68.7 cm³/mol. The maximum absolute atomic E-state index is 12.1. The van der Waals surface area contributed by atoms with Gasteiger partial charge >= 0.3 is 0 Å². The molecule has 1 aliphatic rings. The summed E-state index contributed by atoms with van der Waals surface area (Å²) in [6.07, 6.45) is 0. The molecule has 0 saturated carbocycles. The number of benzene rings is 1. The number of anilines is 2. The van der Waals surface area contributed by atoms with Crippen LogP contribution in [-0.2, 0) is 4.79 Å². The zero-order chi connectivity index (χ0) is 12.6. The highest BCUT2D eigenvalue weighted by Gasteiger charge is 2.33. The Morgan fingerprint density at radius 3 is 2.76 bits per heavy atom. The number of nitrogens with one attached hydrogen (secondary N) is 1. The van der Waals surface area contributed by atoms with E-state index in [0.29, 0.717) is 6.54 Å². The van der Waals surface area contributed by atoms with Crippen LogP contribution in [0.4, 0.5) is 11.4 Å². The molecule has 0 fully saturated rings.